The average Bonchev–Trinajstić information content (AvgIpc) is 2.49. The second kappa shape index (κ2) is 8.76. The molecule has 1 aromatic rings. The molecule has 0 heterocycles. The first-order chi connectivity index (χ1) is 11.4. The smallest absolute Gasteiger partial charge is 0.408 e. The fourth-order valence-corrected chi connectivity index (χ4v) is 3.60. The van der Waals surface area contributed by atoms with Gasteiger partial charge in [-0.15, -0.1) is 11.8 Å². The fraction of sp³-hybridized carbons (Fsp3) is 0.556. The largest absolute Gasteiger partial charge is 0.497 e. The van der Waals surface area contributed by atoms with Crippen LogP contribution in [0.15, 0.2) is 24.3 Å². The Bertz CT molecular complexity index is 595. The van der Waals surface area contributed by atoms with Gasteiger partial charge < -0.3 is 20.5 Å². The number of carbonyl (C=O) groups is 1. The van der Waals surface area contributed by atoms with E-state index in [9.17, 15) is 4.79 Å². The van der Waals surface area contributed by atoms with E-state index in [1.54, 1.807) is 18.9 Å². The number of amides is 1. The molecule has 0 aromatic heterocycles. The summed E-state index contributed by atoms with van der Waals surface area (Å²) in [6.45, 7) is 9.44. The Labute approximate surface area is 160 Å². The molecule has 1 rings (SSSR count). The molecule has 0 spiro atoms. The van der Waals surface area contributed by atoms with E-state index >= 15 is 0 Å². The van der Waals surface area contributed by atoms with Crippen molar-refractivity contribution in [1.29, 1.82) is 0 Å². The summed E-state index contributed by atoms with van der Waals surface area (Å²) in [7, 11) is 1.64. The van der Waals surface area contributed by atoms with Gasteiger partial charge >= 0.3 is 6.09 Å². The molecule has 0 radical (unpaired) electrons. The van der Waals surface area contributed by atoms with Crippen LogP contribution in [0.2, 0.25) is 0 Å². The number of thiocarbonyl (C=S) groups is 1. The van der Waals surface area contributed by atoms with Gasteiger partial charge in [0.25, 0.3) is 0 Å². The highest BCUT2D eigenvalue weighted by molar-refractivity contribution is 8.00. The quantitative estimate of drug-likeness (QED) is 0.695. The Kier molecular flexibility index (Phi) is 7.56. The third kappa shape index (κ3) is 7.52. The minimum absolute atomic E-state index is 0.234. The van der Waals surface area contributed by atoms with Gasteiger partial charge in [0.15, 0.2) is 0 Å². The molecule has 1 atom stereocenters. The van der Waals surface area contributed by atoms with E-state index in [0.717, 1.165) is 17.1 Å². The van der Waals surface area contributed by atoms with Gasteiger partial charge in [-0.25, -0.2) is 4.79 Å². The number of methoxy groups -OCH3 is 1. The van der Waals surface area contributed by atoms with Gasteiger partial charge in [0.2, 0.25) is 0 Å². The summed E-state index contributed by atoms with van der Waals surface area (Å²) in [6, 6.07) is 7.39. The summed E-state index contributed by atoms with van der Waals surface area (Å²) in [5.74, 6) is 1.58. The first-order valence-electron chi connectivity index (χ1n) is 8.00. The average molecular weight is 385 g/mol. The molecule has 0 unspecified atom stereocenters. The lowest BCUT2D eigenvalue weighted by atomic mass is 10.0. The second-order valence-corrected chi connectivity index (χ2v) is 9.32. The third-order valence-corrected chi connectivity index (χ3v) is 5.10. The molecule has 0 saturated carbocycles. The van der Waals surface area contributed by atoms with Gasteiger partial charge in [0.1, 0.15) is 11.4 Å². The predicted molar refractivity (Wildman–Crippen MR) is 108 cm³/mol. The number of nitrogens with one attached hydrogen (secondary N) is 1. The van der Waals surface area contributed by atoms with E-state index in [-0.39, 0.29) is 4.99 Å². The van der Waals surface area contributed by atoms with Gasteiger partial charge in [-0.3, -0.25) is 0 Å². The normalized spacial score (nSPS) is 13.0. The Morgan fingerprint density at radius 3 is 2.24 bits per heavy atom. The van der Waals surface area contributed by atoms with E-state index in [4.69, 9.17) is 27.4 Å². The first kappa shape index (κ1) is 21.6. The monoisotopic (exact) mass is 384 g/mol. The molecule has 0 aliphatic rings. The van der Waals surface area contributed by atoms with Gasteiger partial charge in [-0.2, -0.15) is 0 Å². The van der Waals surface area contributed by atoms with Gasteiger partial charge in [-0.1, -0.05) is 24.4 Å². The molecule has 1 aromatic carbocycles. The van der Waals surface area contributed by atoms with Crippen molar-refractivity contribution >= 4 is 35.1 Å². The molecule has 140 valence electrons. The highest BCUT2D eigenvalue weighted by atomic mass is 32.2. The molecule has 1 amide bonds. The zero-order valence-electron chi connectivity index (χ0n) is 15.7. The van der Waals surface area contributed by atoms with Crippen LogP contribution in [0.1, 0.15) is 40.2 Å². The molecule has 0 bridgehead atoms. The lowest BCUT2D eigenvalue weighted by molar-refractivity contribution is 0.0512. The minimum atomic E-state index is -0.578. The molecule has 0 aliphatic carbocycles. The molecule has 0 aliphatic heterocycles. The summed E-state index contributed by atoms with van der Waals surface area (Å²) in [6.07, 6.45) is -0.525. The predicted octanol–water partition coefficient (Wildman–Crippen LogP) is 3.89. The van der Waals surface area contributed by atoms with E-state index in [1.807, 2.05) is 58.9 Å². The number of rotatable bonds is 7. The highest BCUT2D eigenvalue weighted by Gasteiger charge is 2.34. The molecular formula is C18H28N2O3S2. The van der Waals surface area contributed by atoms with Gasteiger partial charge in [0.05, 0.1) is 18.1 Å². The number of benzene rings is 1. The summed E-state index contributed by atoms with van der Waals surface area (Å²) >= 11 is 6.83. The summed E-state index contributed by atoms with van der Waals surface area (Å²) in [4.78, 5) is 12.3. The topological polar surface area (TPSA) is 73.6 Å². The van der Waals surface area contributed by atoms with Gasteiger partial charge in [0, 0.05) is 10.5 Å². The van der Waals surface area contributed by atoms with Crippen LogP contribution in [0.5, 0.6) is 5.75 Å². The summed E-state index contributed by atoms with van der Waals surface area (Å²) in [5.41, 5.74) is 6.45. The number of thioether (sulfide) groups is 1. The molecular weight excluding hydrogens is 356 g/mol. The van der Waals surface area contributed by atoms with Crippen LogP contribution in [-0.2, 0) is 10.5 Å². The Morgan fingerprint density at radius 2 is 1.80 bits per heavy atom. The van der Waals surface area contributed by atoms with Crippen molar-refractivity contribution in [2.45, 2.75) is 56.8 Å². The van der Waals surface area contributed by atoms with Crippen LogP contribution in [0, 0.1) is 0 Å². The van der Waals surface area contributed by atoms with Crippen molar-refractivity contribution in [1.82, 2.24) is 5.32 Å². The van der Waals surface area contributed by atoms with Crippen LogP contribution in [0.4, 0.5) is 4.79 Å². The zero-order valence-corrected chi connectivity index (χ0v) is 17.3. The number of carbonyl (C=O) groups excluding carboxylic acids is 1. The van der Waals surface area contributed by atoms with Crippen LogP contribution in [-0.4, -0.2) is 34.6 Å². The fourth-order valence-electron chi connectivity index (χ4n) is 2.09. The number of ether oxygens (including phenoxy) is 2. The standard InChI is InChI=1S/C18H28N2O3S2/c1-17(2,3)23-16(21)20-14(15(19)24)18(4,5)25-11-12-7-9-13(22-6)10-8-12/h7-10,14H,11H2,1-6H3,(H2,19,24)(H,20,21)/t14-/m1/s1. The summed E-state index contributed by atoms with van der Waals surface area (Å²) in [5, 5.41) is 2.80. The Balaban J connectivity index is 2.75. The first-order valence-corrected chi connectivity index (χ1v) is 9.40. The molecule has 7 heteroatoms. The van der Waals surface area contributed by atoms with E-state index in [1.165, 1.54) is 0 Å². The Hall–Kier alpha value is -1.47. The number of hydrogen-bond donors (Lipinski definition) is 2. The molecule has 5 nitrogen and oxygen atoms in total. The lowest BCUT2D eigenvalue weighted by Crippen LogP contribution is -2.55. The van der Waals surface area contributed by atoms with Crippen molar-refractivity contribution in [2.24, 2.45) is 5.73 Å². The maximum atomic E-state index is 12.1. The van der Waals surface area contributed by atoms with Crippen molar-refractivity contribution in [3.63, 3.8) is 0 Å². The van der Waals surface area contributed by atoms with Crippen LogP contribution in [0.25, 0.3) is 0 Å². The maximum absolute atomic E-state index is 12.1. The Morgan fingerprint density at radius 1 is 1.24 bits per heavy atom. The van der Waals surface area contributed by atoms with Crippen molar-refractivity contribution in [3.8, 4) is 5.75 Å². The van der Waals surface area contributed by atoms with E-state index in [2.05, 4.69) is 5.32 Å². The number of hydrogen-bond acceptors (Lipinski definition) is 5. The number of nitrogens with two attached hydrogens (primary N) is 1. The third-order valence-electron chi connectivity index (χ3n) is 3.41. The molecule has 0 fully saturated rings. The maximum Gasteiger partial charge on any atom is 0.408 e. The van der Waals surface area contributed by atoms with Crippen molar-refractivity contribution in [3.05, 3.63) is 29.8 Å². The van der Waals surface area contributed by atoms with Crippen molar-refractivity contribution < 1.29 is 14.3 Å². The second-order valence-electron chi connectivity index (χ2n) is 7.22. The number of alkyl carbamates (subject to hydrolysis) is 1. The molecule has 3 N–H and O–H groups in total. The van der Waals surface area contributed by atoms with E-state index in [0.29, 0.717) is 0 Å². The van der Waals surface area contributed by atoms with Crippen LogP contribution < -0.4 is 15.8 Å². The van der Waals surface area contributed by atoms with Gasteiger partial charge in [-0.05, 0) is 52.3 Å². The lowest BCUT2D eigenvalue weighted by Gasteiger charge is -2.34. The molecule has 0 saturated heterocycles. The van der Waals surface area contributed by atoms with E-state index < -0.39 is 22.5 Å². The molecule has 25 heavy (non-hydrogen) atoms. The highest BCUT2D eigenvalue weighted by Crippen LogP contribution is 2.32. The van der Waals surface area contributed by atoms with Crippen LogP contribution >= 0.6 is 24.0 Å². The summed E-state index contributed by atoms with van der Waals surface area (Å²) < 4.78 is 10.1. The minimum Gasteiger partial charge on any atom is -0.497 e. The van der Waals surface area contributed by atoms with Crippen molar-refractivity contribution in [2.75, 3.05) is 7.11 Å². The van der Waals surface area contributed by atoms with Crippen LogP contribution in [0.3, 0.4) is 0 Å². The SMILES string of the molecule is COc1ccc(CSC(C)(C)[C@H](NC(=O)OC(C)(C)C)C(N)=S)cc1. The zero-order chi connectivity index (χ0) is 19.3.